The molecule has 0 heterocycles. The van der Waals surface area contributed by atoms with Crippen LogP contribution in [0.2, 0.25) is 0 Å². The van der Waals surface area contributed by atoms with Crippen LogP contribution in [0.5, 0.6) is 17.2 Å². The number of rotatable bonds is 14. The molecule has 2 atom stereocenters. The third-order valence-corrected chi connectivity index (χ3v) is 4.47. The van der Waals surface area contributed by atoms with Crippen LogP contribution in [0.4, 0.5) is 5.69 Å². The molecule has 1 aromatic rings. The molecule has 2 unspecified atom stereocenters. The zero-order valence-corrected chi connectivity index (χ0v) is 18.8. The molecular formula is C24H35NO6. The predicted octanol–water partition coefficient (Wildman–Crippen LogP) is 4.01. The van der Waals surface area contributed by atoms with E-state index >= 15 is 0 Å². The van der Waals surface area contributed by atoms with Gasteiger partial charge in [0, 0.05) is 24.2 Å². The molecule has 0 bridgehead atoms. The van der Waals surface area contributed by atoms with Crippen LogP contribution >= 0.6 is 0 Å². The van der Waals surface area contributed by atoms with Crippen molar-refractivity contribution in [3.8, 4) is 17.2 Å². The molecule has 0 aliphatic carbocycles. The summed E-state index contributed by atoms with van der Waals surface area (Å²) in [6, 6.07) is 3.29. The van der Waals surface area contributed by atoms with Gasteiger partial charge in [0.15, 0.2) is 11.5 Å². The number of carbonyl (C=O) groups is 1. The lowest BCUT2D eigenvalue weighted by Crippen LogP contribution is -2.14. The number of benzene rings is 1. The fraction of sp³-hybridized carbons (Fsp3) is 0.458. The third-order valence-electron chi connectivity index (χ3n) is 4.47. The standard InChI is InChI=1S/C24H35NO6/c1-5-6-11-19(26)12-9-7-8-10-13-20(27)14-15-23(28)25-18-16-21(29-2)24(31-4)22(17-18)30-3/h7-10,12-13,16-17,19-20,26-27H,5-6,11,14-15H2,1-4H3,(H,25,28). The Balaban J connectivity index is 2.48. The van der Waals surface area contributed by atoms with Gasteiger partial charge in [-0.3, -0.25) is 4.79 Å². The normalized spacial score (nSPS) is 13.6. The van der Waals surface area contributed by atoms with E-state index in [4.69, 9.17) is 14.2 Å². The van der Waals surface area contributed by atoms with Crippen molar-refractivity contribution < 1.29 is 29.2 Å². The van der Waals surface area contributed by atoms with E-state index in [1.54, 1.807) is 48.6 Å². The van der Waals surface area contributed by atoms with E-state index in [9.17, 15) is 15.0 Å². The van der Waals surface area contributed by atoms with Gasteiger partial charge in [0.05, 0.1) is 33.5 Å². The summed E-state index contributed by atoms with van der Waals surface area (Å²) in [4.78, 5) is 12.2. The number of aliphatic hydroxyl groups excluding tert-OH is 2. The van der Waals surface area contributed by atoms with Gasteiger partial charge in [-0.05, 0) is 12.8 Å². The molecule has 7 heteroatoms. The number of aliphatic hydroxyl groups is 2. The summed E-state index contributed by atoms with van der Waals surface area (Å²) < 4.78 is 15.8. The van der Waals surface area contributed by atoms with E-state index in [0.29, 0.717) is 22.9 Å². The lowest BCUT2D eigenvalue weighted by molar-refractivity contribution is -0.116. The van der Waals surface area contributed by atoms with Crippen LogP contribution in [0.3, 0.4) is 0 Å². The number of unbranched alkanes of at least 4 members (excludes halogenated alkanes) is 1. The van der Waals surface area contributed by atoms with Crippen molar-refractivity contribution in [2.75, 3.05) is 26.6 Å². The molecule has 1 rings (SSSR count). The first-order valence-electron chi connectivity index (χ1n) is 10.4. The Bertz CT molecular complexity index is 731. The molecule has 1 amide bonds. The zero-order chi connectivity index (χ0) is 23.1. The first kappa shape index (κ1) is 26.3. The second kappa shape index (κ2) is 15.1. The van der Waals surface area contributed by atoms with Crippen LogP contribution in [0.25, 0.3) is 0 Å². The van der Waals surface area contributed by atoms with Crippen molar-refractivity contribution in [2.24, 2.45) is 0 Å². The summed E-state index contributed by atoms with van der Waals surface area (Å²) in [7, 11) is 4.52. The SMILES string of the molecule is CCCCC(O)C=CC=CC=CC(O)CCC(=O)Nc1cc(OC)c(OC)c(OC)c1. The maximum absolute atomic E-state index is 12.2. The Morgan fingerprint density at radius 2 is 1.48 bits per heavy atom. The van der Waals surface area contributed by atoms with E-state index in [1.807, 2.05) is 0 Å². The highest BCUT2D eigenvalue weighted by molar-refractivity contribution is 5.91. The molecule has 3 N–H and O–H groups in total. The average molecular weight is 434 g/mol. The molecule has 0 saturated heterocycles. The third kappa shape index (κ3) is 10.2. The van der Waals surface area contributed by atoms with Crippen molar-refractivity contribution in [3.63, 3.8) is 0 Å². The number of hydrogen-bond donors (Lipinski definition) is 3. The molecule has 0 radical (unpaired) electrons. The highest BCUT2D eigenvalue weighted by Gasteiger charge is 2.14. The van der Waals surface area contributed by atoms with E-state index in [1.165, 1.54) is 21.3 Å². The number of anilines is 1. The number of ether oxygens (including phenoxy) is 3. The van der Waals surface area contributed by atoms with Crippen molar-refractivity contribution in [1.29, 1.82) is 0 Å². The number of methoxy groups -OCH3 is 3. The highest BCUT2D eigenvalue weighted by Crippen LogP contribution is 2.39. The average Bonchev–Trinajstić information content (AvgIpc) is 2.77. The first-order chi connectivity index (χ1) is 14.9. The molecule has 0 saturated carbocycles. The fourth-order valence-electron chi connectivity index (χ4n) is 2.77. The van der Waals surface area contributed by atoms with Gasteiger partial charge in [-0.25, -0.2) is 0 Å². The van der Waals surface area contributed by atoms with E-state index < -0.39 is 12.2 Å². The van der Waals surface area contributed by atoms with Crippen LogP contribution in [-0.2, 0) is 4.79 Å². The van der Waals surface area contributed by atoms with Crippen molar-refractivity contribution in [3.05, 3.63) is 48.6 Å². The van der Waals surface area contributed by atoms with Gasteiger partial charge in [0.25, 0.3) is 0 Å². The fourth-order valence-corrected chi connectivity index (χ4v) is 2.77. The number of amides is 1. The molecule has 0 aromatic heterocycles. The summed E-state index contributed by atoms with van der Waals surface area (Å²) in [5.41, 5.74) is 0.514. The maximum Gasteiger partial charge on any atom is 0.224 e. The molecule has 0 fully saturated rings. The molecular weight excluding hydrogens is 398 g/mol. The van der Waals surface area contributed by atoms with Crippen LogP contribution in [0.1, 0.15) is 39.0 Å². The van der Waals surface area contributed by atoms with Gasteiger partial charge in [-0.15, -0.1) is 0 Å². The Kier molecular flexibility index (Phi) is 12.8. The summed E-state index contributed by atoms with van der Waals surface area (Å²) in [6.45, 7) is 2.09. The number of allylic oxidation sites excluding steroid dienone is 4. The quantitative estimate of drug-likeness (QED) is 0.384. The second-order valence-electron chi connectivity index (χ2n) is 6.93. The van der Waals surface area contributed by atoms with Crippen LogP contribution in [0.15, 0.2) is 48.6 Å². The molecule has 1 aromatic carbocycles. The Labute approximate surface area is 185 Å². The maximum atomic E-state index is 12.2. The van der Waals surface area contributed by atoms with Gasteiger partial charge in [0.2, 0.25) is 11.7 Å². The number of carbonyl (C=O) groups excluding carboxylic acids is 1. The topological polar surface area (TPSA) is 97.3 Å². The summed E-state index contributed by atoms with van der Waals surface area (Å²) in [5, 5.41) is 22.5. The highest BCUT2D eigenvalue weighted by atomic mass is 16.5. The summed E-state index contributed by atoms with van der Waals surface area (Å²) in [6.07, 6.45) is 12.5. The van der Waals surface area contributed by atoms with E-state index in [2.05, 4.69) is 12.2 Å². The van der Waals surface area contributed by atoms with Gasteiger partial charge in [-0.1, -0.05) is 56.2 Å². The Morgan fingerprint density at radius 1 is 0.935 bits per heavy atom. The van der Waals surface area contributed by atoms with Gasteiger partial charge in [-0.2, -0.15) is 0 Å². The summed E-state index contributed by atoms with van der Waals surface area (Å²) >= 11 is 0. The smallest absolute Gasteiger partial charge is 0.224 e. The van der Waals surface area contributed by atoms with Crippen LogP contribution < -0.4 is 19.5 Å². The minimum Gasteiger partial charge on any atom is -0.493 e. The second-order valence-corrected chi connectivity index (χ2v) is 6.93. The van der Waals surface area contributed by atoms with Crippen molar-refractivity contribution in [1.82, 2.24) is 0 Å². The molecule has 172 valence electrons. The zero-order valence-electron chi connectivity index (χ0n) is 18.8. The molecule has 31 heavy (non-hydrogen) atoms. The number of hydrogen-bond acceptors (Lipinski definition) is 6. The molecule has 0 aliphatic rings. The van der Waals surface area contributed by atoms with Crippen LogP contribution in [-0.4, -0.2) is 49.7 Å². The van der Waals surface area contributed by atoms with E-state index in [0.717, 1.165) is 19.3 Å². The lowest BCUT2D eigenvalue weighted by atomic mass is 10.1. The monoisotopic (exact) mass is 433 g/mol. The largest absolute Gasteiger partial charge is 0.493 e. The molecule has 0 spiro atoms. The van der Waals surface area contributed by atoms with Crippen molar-refractivity contribution in [2.45, 2.75) is 51.2 Å². The van der Waals surface area contributed by atoms with Gasteiger partial charge < -0.3 is 29.7 Å². The summed E-state index contributed by atoms with van der Waals surface area (Å²) in [5.74, 6) is 1.10. The minimum atomic E-state index is -0.741. The van der Waals surface area contributed by atoms with E-state index in [-0.39, 0.29) is 18.7 Å². The number of nitrogens with one attached hydrogen (secondary N) is 1. The Morgan fingerprint density at radius 3 is 1.97 bits per heavy atom. The molecule has 0 aliphatic heterocycles. The van der Waals surface area contributed by atoms with Gasteiger partial charge >= 0.3 is 0 Å². The minimum absolute atomic E-state index is 0.148. The van der Waals surface area contributed by atoms with Crippen molar-refractivity contribution >= 4 is 11.6 Å². The van der Waals surface area contributed by atoms with Crippen LogP contribution in [0, 0.1) is 0 Å². The lowest BCUT2D eigenvalue weighted by Gasteiger charge is -2.14. The first-order valence-corrected chi connectivity index (χ1v) is 10.4. The predicted molar refractivity (Wildman–Crippen MR) is 123 cm³/mol. The van der Waals surface area contributed by atoms with Gasteiger partial charge in [0.1, 0.15) is 0 Å². The molecule has 7 nitrogen and oxygen atoms in total. The Hall–Kier alpha value is -2.77.